The van der Waals surface area contributed by atoms with E-state index < -0.39 is 12.6 Å². The predicted octanol–water partition coefficient (Wildman–Crippen LogP) is 3.14. The van der Waals surface area contributed by atoms with Gasteiger partial charge in [0.15, 0.2) is 0 Å². The number of hydrogen-bond acceptors (Lipinski definition) is 2. The first-order valence-electron chi connectivity index (χ1n) is 5.32. The van der Waals surface area contributed by atoms with Gasteiger partial charge in [-0.05, 0) is 31.0 Å². The average molecular weight is 235 g/mol. The van der Waals surface area contributed by atoms with Crippen molar-refractivity contribution < 1.29 is 17.6 Å². The van der Waals surface area contributed by atoms with E-state index in [1.807, 2.05) is 6.92 Å². The molecule has 2 nitrogen and oxygen atoms in total. The van der Waals surface area contributed by atoms with Crippen LogP contribution in [0.15, 0.2) is 23.0 Å². The fraction of sp³-hybridized carbons (Fsp3) is 0.636. The molecule has 16 heavy (non-hydrogen) atoms. The fourth-order valence-electron chi connectivity index (χ4n) is 1.60. The van der Waals surface area contributed by atoms with Gasteiger partial charge in [-0.1, -0.05) is 6.92 Å². The minimum atomic E-state index is -4.08. The van der Waals surface area contributed by atoms with E-state index in [2.05, 4.69) is 5.32 Å². The summed E-state index contributed by atoms with van der Waals surface area (Å²) in [5, 5.41) is 3.05. The Morgan fingerprint density at radius 2 is 2.19 bits per heavy atom. The van der Waals surface area contributed by atoms with Gasteiger partial charge in [0.1, 0.15) is 0 Å². The first-order valence-corrected chi connectivity index (χ1v) is 5.32. The molecule has 1 rings (SSSR count). The smallest absolute Gasteiger partial charge is 0.389 e. The molecule has 0 aromatic carbocycles. The highest BCUT2D eigenvalue weighted by atomic mass is 19.4. The Morgan fingerprint density at radius 1 is 1.44 bits per heavy atom. The van der Waals surface area contributed by atoms with Gasteiger partial charge in [-0.25, -0.2) is 0 Å². The zero-order chi connectivity index (χ0) is 12.0. The number of rotatable bonds is 6. The summed E-state index contributed by atoms with van der Waals surface area (Å²) in [4.78, 5) is 0. The normalized spacial score (nSPS) is 14.0. The predicted molar refractivity (Wildman–Crippen MR) is 55.2 cm³/mol. The van der Waals surface area contributed by atoms with Gasteiger partial charge in [0.05, 0.1) is 12.5 Å². The van der Waals surface area contributed by atoms with Gasteiger partial charge in [0, 0.05) is 12.5 Å². The minimum Gasteiger partial charge on any atom is -0.472 e. The Hall–Kier alpha value is -0.970. The molecule has 0 fully saturated rings. The van der Waals surface area contributed by atoms with Crippen LogP contribution < -0.4 is 5.32 Å². The molecule has 1 N–H and O–H groups in total. The molecule has 1 unspecified atom stereocenters. The summed E-state index contributed by atoms with van der Waals surface area (Å²) in [6.45, 7) is 2.55. The van der Waals surface area contributed by atoms with E-state index in [0.29, 0.717) is 13.0 Å². The summed E-state index contributed by atoms with van der Waals surface area (Å²) >= 11 is 0. The Morgan fingerprint density at radius 3 is 2.69 bits per heavy atom. The van der Waals surface area contributed by atoms with Crippen molar-refractivity contribution >= 4 is 0 Å². The Labute approximate surface area is 92.8 Å². The van der Waals surface area contributed by atoms with Crippen LogP contribution in [0.3, 0.4) is 0 Å². The van der Waals surface area contributed by atoms with E-state index in [4.69, 9.17) is 4.42 Å². The molecule has 1 aromatic rings. The quantitative estimate of drug-likeness (QED) is 0.819. The number of alkyl halides is 3. The molecule has 0 aliphatic carbocycles. The number of furan rings is 1. The molecule has 1 atom stereocenters. The van der Waals surface area contributed by atoms with Gasteiger partial charge in [-0.15, -0.1) is 0 Å². The molecule has 0 spiro atoms. The molecule has 0 aliphatic rings. The van der Waals surface area contributed by atoms with Crippen LogP contribution in [-0.2, 0) is 6.42 Å². The Kier molecular flexibility index (Phi) is 4.86. The van der Waals surface area contributed by atoms with E-state index >= 15 is 0 Å². The largest absolute Gasteiger partial charge is 0.472 e. The number of halogens is 3. The number of likely N-dealkylation sites (N-methyl/N-ethyl adjacent to an activating group) is 1. The van der Waals surface area contributed by atoms with Crippen molar-refractivity contribution in [3.63, 3.8) is 0 Å². The highest BCUT2D eigenvalue weighted by Crippen LogP contribution is 2.23. The summed E-state index contributed by atoms with van der Waals surface area (Å²) in [5.41, 5.74) is 0.924. The van der Waals surface area contributed by atoms with Crippen LogP contribution in [0.4, 0.5) is 13.2 Å². The molecule has 0 aliphatic heterocycles. The van der Waals surface area contributed by atoms with Crippen molar-refractivity contribution in [1.29, 1.82) is 0 Å². The summed E-state index contributed by atoms with van der Waals surface area (Å²) in [7, 11) is 0. The second kappa shape index (κ2) is 5.94. The summed E-state index contributed by atoms with van der Waals surface area (Å²) in [6, 6.07) is 1.63. The van der Waals surface area contributed by atoms with Crippen molar-refractivity contribution in [2.45, 2.75) is 38.4 Å². The van der Waals surface area contributed by atoms with Crippen LogP contribution in [0.1, 0.15) is 25.3 Å². The lowest BCUT2D eigenvalue weighted by Crippen LogP contribution is -2.32. The van der Waals surface area contributed by atoms with E-state index in [1.165, 1.54) is 6.26 Å². The Bertz CT molecular complexity index is 282. The maximum atomic E-state index is 12.1. The lowest BCUT2D eigenvalue weighted by molar-refractivity contribution is -0.136. The first kappa shape index (κ1) is 13.1. The van der Waals surface area contributed by atoms with Crippen LogP contribution in [0, 0.1) is 0 Å². The molecule has 0 amide bonds. The molecular formula is C11H16F3NO. The van der Waals surface area contributed by atoms with Crippen molar-refractivity contribution in [3.05, 3.63) is 24.2 Å². The van der Waals surface area contributed by atoms with E-state index in [0.717, 1.165) is 5.56 Å². The third-order valence-electron chi connectivity index (χ3n) is 2.33. The van der Waals surface area contributed by atoms with Crippen molar-refractivity contribution in [1.82, 2.24) is 5.32 Å². The number of hydrogen-bond donors (Lipinski definition) is 1. The van der Waals surface area contributed by atoms with Crippen LogP contribution >= 0.6 is 0 Å². The monoisotopic (exact) mass is 235 g/mol. The van der Waals surface area contributed by atoms with Gasteiger partial charge in [-0.3, -0.25) is 0 Å². The van der Waals surface area contributed by atoms with E-state index in [9.17, 15) is 13.2 Å². The molecule has 1 aromatic heterocycles. The van der Waals surface area contributed by atoms with Crippen LogP contribution in [0.2, 0.25) is 0 Å². The van der Waals surface area contributed by atoms with Crippen molar-refractivity contribution in [2.24, 2.45) is 0 Å². The SMILES string of the molecule is CCNC(CCC(F)(F)F)Cc1ccoc1. The molecule has 0 bridgehead atoms. The van der Waals surface area contributed by atoms with Gasteiger partial charge in [0.25, 0.3) is 0 Å². The second-order valence-corrected chi connectivity index (χ2v) is 3.74. The topological polar surface area (TPSA) is 25.2 Å². The second-order valence-electron chi connectivity index (χ2n) is 3.74. The third-order valence-corrected chi connectivity index (χ3v) is 2.33. The summed E-state index contributed by atoms with van der Waals surface area (Å²) in [5.74, 6) is 0. The third kappa shape index (κ3) is 5.21. The molecule has 0 radical (unpaired) electrons. The van der Waals surface area contributed by atoms with Crippen LogP contribution in [0.25, 0.3) is 0 Å². The molecule has 1 heterocycles. The van der Waals surface area contributed by atoms with Crippen LogP contribution in [0.5, 0.6) is 0 Å². The standard InChI is InChI=1S/C11H16F3NO/c1-2-15-10(3-5-11(12,13)14)7-9-4-6-16-8-9/h4,6,8,10,15H,2-3,5,7H2,1H3. The highest BCUT2D eigenvalue weighted by molar-refractivity contribution is 5.07. The van der Waals surface area contributed by atoms with Gasteiger partial charge >= 0.3 is 6.18 Å². The van der Waals surface area contributed by atoms with Crippen molar-refractivity contribution in [3.8, 4) is 0 Å². The summed E-state index contributed by atoms with van der Waals surface area (Å²) < 4.78 is 41.2. The average Bonchev–Trinajstić information content (AvgIpc) is 2.66. The fourth-order valence-corrected chi connectivity index (χ4v) is 1.60. The number of nitrogens with one attached hydrogen (secondary N) is 1. The molecule has 0 saturated carbocycles. The van der Waals surface area contributed by atoms with E-state index in [1.54, 1.807) is 12.3 Å². The molecule has 0 saturated heterocycles. The summed E-state index contributed by atoms with van der Waals surface area (Å²) in [6.07, 6.45) is -1.06. The van der Waals surface area contributed by atoms with Gasteiger partial charge in [0.2, 0.25) is 0 Å². The maximum Gasteiger partial charge on any atom is 0.389 e. The molecular weight excluding hydrogens is 219 g/mol. The molecule has 5 heteroatoms. The molecule has 92 valence electrons. The minimum absolute atomic E-state index is 0.0997. The van der Waals surface area contributed by atoms with Gasteiger partial charge in [-0.2, -0.15) is 13.2 Å². The van der Waals surface area contributed by atoms with Gasteiger partial charge < -0.3 is 9.73 Å². The lowest BCUT2D eigenvalue weighted by Gasteiger charge is -2.17. The van der Waals surface area contributed by atoms with Crippen LogP contribution in [-0.4, -0.2) is 18.8 Å². The lowest BCUT2D eigenvalue weighted by atomic mass is 10.0. The zero-order valence-electron chi connectivity index (χ0n) is 9.18. The first-order chi connectivity index (χ1) is 7.51. The van der Waals surface area contributed by atoms with E-state index in [-0.39, 0.29) is 12.5 Å². The maximum absolute atomic E-state index is 12.1. The highest BCUT2D eigenvalue weighted by Gasteiger charge is 2.28. The zero-order valence-corrected chi connectivity index (χ0v) is 9.18. The Balaban J connectivity index is 2.41. The van der Waals surface area contributed by atoms with Crippen molar-refractivity contribution in [2.75, 3.05) is 6.54 Å².